The summed E-state index contributed by atoms with van der Waals surface area (Å²) in [7, 11) is 1.51. The van der Waals surface area contributed by atoms with E-state index in [0.717, 1.165) is 5.56 Å². The molecule has 2 N–H and O–H groups in total. The number of nitro benzene ring substituents is 1. The third kappa shape index (κ3) is 6.51. The number of esters is 1. The Bertz CT molecular complexity index is 1800. The average molecular weight is 614 g/mol. The molecule has 0 radical (unpaired) electrons. The van der Waals surface area contributed by atoms with Crippen molar-refractivity contribution in [3.63, 3.8) is 0 Å². The van der Waals surface area contributed by atoms with Crippen molar-refractivity contribution in [2.75, 3.05) is 13.7 Å². The highest BCUT2D eigenvalue weighted by Gasteiger charge is 2.32. The molecule has 1 heterocycles. The van der Waals surface area contributed by atoms with E-state index in [1.807, 2.05) is 18.2 Å². The summed E-state index contributed by atoms with van der Waals surface area (Å²) in [5, 5.41) is 21.3. The van der Waals surface area contributed by atoms with E-state index in [-0.39, 0.29) is 35.2 Å². The summed E-state index contributed by atoms with van der Waals surface area (Å²) in [5.74, 6) is 0.239. The maximum absolute atomic E-state index is 12.4. The molecule has 0 spiro atoms. The number of fused-ring (bicyclic) bond motifs is 1. The van der Waals surface area contributed by atoms with Crippen molar-refractivity contribution < 1.29 is 33.4 Å². The fraction of sp³-hybridized carbons (Fsp3) is 0.125. The Morgan fingerprint density at radius 1 is 1.02 bits per heavy atom. The number of ether oxygens (including phenoxy) is 5. The molecule has 4 aromatic carbocycles. The number of benzene rings is 4. The van der Waals surface area contributed by atoms with Gasteiger partial charge in [0.1, 0.15) is 35.5 Å². The second-order valence-electron chi connectivity index (χ2n) is 9.43. The van der Waals surface area contributed by atoms with Gasteiger partial charge in [0.05, 0.1) is 18.0 Å². The molecule has 222 valence electrons. The zero-order valence-corrected chi connectivity index (χ0v) is 23.9. The molecule has 11 nitrogen and oxygen atoms in total. The number of carbonyl (C=O) groups is 1. The Kier molecular flexibility index (Phi) is 8.83. The Balaban J connectivity index is 1.33. The molecule has 0 bridgehead atoms. The minimum atomic E-state index is -0.714. The lowest BCUT2D eigenvalue weighted by atomic mass is 9.83. The molecular formula is C32H24ClN3O8. The number of hydrogen-bond donors (Lipinski definition) is 1. The fourth-order valence-electron chi connectivity index (χ4n) is 4.56. The van der Waals surface area contributed by atoms with Gasteiger partial charge in [-0.2, -0.15) is 5.26 Å². The first-order chi connectivity index (χ1) is 21.3. The van der Waals surface area contributed by atoms with Gasteiger partial charge in [-0.1, -0.05) is 41.9 Å². The molecule has 0 saturated heterocycles. The lowest BCUT2D eigenvalue weighted by Crippen LogP contribution is -2.22. The van der Waals surface area contributed by atoms with Crippen LogP contribution < -0.4 is 29.4 Å². The van der Waals surface area contributed by atoms with Gasteiger partial charge in [-0.3, -0.25) is 10.1 Å². The average Bonchev–Trinajstić information content (AvgIpc) is 3.02. The van der Waals surface area contributed by atoms with Crippen molar-refractivity contribution in [2.45, 2.75) is 12.5 Å². The highest BCUT2D eigenvalue weighted by atomic mass is 35.5. The lowest BCUT2D eigenvalue weighted by Gasteiger charge is -2.27. The van der Waals surface area contributed by atoms with E-state index in [4.69, 9.17) is 41.0 Å². The predicted molar refractivity (Wildman–Crippen MR) is 159 cm³/mol. The molecule has 0 amide bonds. The number of nitriles is 1. The van der Waals surface area contributed by atoms with E-state index < -0.39 is 23.4 Å². The van der Waals surface area contributed by atoms with E-state index in [1.54, 1.807) is 36.4 Å². The van der Waals surface area contributed by atoms with Crippen LogP contribution in [0.15, 0.2) is 96.4 Å². The summed E-state index contributed by atoms with van der Waals surface area (Å²) < 4.78 is 28.1. The molecule has 1 atom stereocenters. The molecule has 0 aliphatic carbocycles. The Labute approximate surface area is 256 Å². The number of rotatable bonds is 10. The van der Waals surface area contributed by atoms with Crippen LogP contribution in [0.4, 0.5) is 5.69 Å². The second kappa shape index (κ2) is 13.1. The van der Waals surface area contributed by atoms with Crippen LogP contribution >= 0.6 is 11.6 Å². The molecule has 0 aromatic heterocycles. The normalized spacial score (nSPS) is 13.6. The number of halogens is 1. The Hall–Kier alpha value is -5.73. The highest BCUT2D eigenvalue weighted by molar-refractivity contribution is 6.31. The molecule has 0 fully saturated rings. The first kappa shape index (κ1) is 29.8. The Morgan fingerprint density at radius 3 is 2.48 bits per heavy atom. The van der Waals surface area contributed by atoms with E-state index in [0.29, 0.717) is 33.4 Å². The molecule has 5 rings (SSSR count). The summed E-state index contributed by atoms with van der Waals surface area (Å²) in [6.07, 6.45) is 0. The van der Waals surface area contributed by atoms with E-state index >= 15 is 0 Å². The van der Waals surface area contributed by atoms with Crippen LogP contribution in [-0.2, 0) is 11.4 Å². The maximum Gasteiger partial charge on any atom is 0.349 e. The zero-order valence-electron chi connectivity index (χ0n) is 23.2. The number of non-ortho nitro benzene ring substituents is 1. The van der Waals surface area contributed by atoms with Crippen LogP contribution in [0.1, 0.15) is 22.6 Å². The standard InChI is InChI=1S/C32H24ClN3O8/c1-40-29-14-19(6-13-27(29)42-17-20-4-2-3-5-26(20)33)31-24-12-11-23(15-28(24)44-32(35)25(31)16-34)43-30(37)18-41-22-9-7-21(8-10-22)36(38)39/h2-15,31H,17-18,35H2,1H3. The van der Waals surface area contributed by atoms with Crippen LogP contribution in [0, 0.1) is 21.4 Å². The molecule has 0 saturated carbocycles. The second-order valence-corrected chi connectivity index (χ2v) is 9.84. The third-order valence-corrected chi connectivity index (χ3v) is 7.06. The van der Waals surface area contributed by atoms with E-state index in [1.165, 1.54) is 37.4 Å². The van der Waals surface area contributed by atoms with Gasteiger partial charge in [-0.25, -0.2) is 4.79 Å². The number of nitrogens with zero attached hydrogens (tertiary/aromatic N) is 2. The summed E-state index contributed by atoms with van der Waals surface area (Å²) in [4.78, 5) is 22.7. The number of nitrogens with two attached hydrogens (primary N) is 1. The molecule has 1 aliphatic rings. The van der Waals surface area contributed by atoms with Crippen molar-refractivity contribution >= 4 is 23.3 Å². The first-order valence-corrected chi connectivity index (χ1v) is 13.5. The molecule has 4 aromatic rings. The molecular weight excluding hydrogens is 590 g/mol. The summed E-state index contributed by atoms with van der Waals surface area (Å²) in [6.45, 7) is -0.212. The quantitative estimate of drug-likeness (QED) is 0.0968. The highest BCUT2D eigenvalue weighted by Crippen LogP contribution is 2.45. The van der Waals surface area contributed by atoms with Gasteiger partial charge in [-0.15, -0.1) is 0 Å². The van der Waals surface area contributed by atoms with Crippen LogP contribution in [0.5, 0.6) is 28.7 Å². The van der Waals surface area contributed by atoms with Crippen molar-refractivity contribution in [2.24, 2.45) is 5.73 Å². The van der Waals surface area contributed by atoms with Gasteiger partial charge < -0.3 is 29.4 Å². The SMILES string of the molecule is COc1cc(C2C(C#N)=C(N)Oc3cc(OC(=O)COc4ccc([N+](=O)[O-])cc4)ccc32)ccc1OCc1ccccc1Cl. The van der Waals surface area contributed by atoms with Gasteiger partial charge in [0.15, 0.2) is 18.1 Å². The number of methoxy groups -OCH3 is 1. The number of allylic oxidation sites excluding steroid dienone is 1. The number of carbonyl (C=O) groups excluding carboxylic acids is 1. The minimum Gasteiger partial charge on any atom is -0.493 e. The van der Waals surface area contributed by atoms with Crippen molar-refractivity contribution in [1.29, 1.82) is 5.26 Å². The zero-order chi connectivity index (χ0) is 31.2. The lowest BCUT2D eigenvalue weighted by molar-refractivity contribution is -0.384. The smallest absolute Gasteiger partial charge is 0.349 e. The van der Waals surface area contributed by atoms with Gasteiger partial charge in [0.2, 0.25) is 5.88 Å². The number of nitro groups is 1. The van der Waals surface area contributed by atoms with Gasteiger partial charge in [-0.05, 0) is 42.0 Å². The van der Waals surface area contributed by atoms with Gasteiger partial charge >= 0.3 is 5.97 Å². The summed E-state index contributed by atoms with van der Waals surface area (Å²) in [6, 6.07) is 24.8. The van der Waals surface area contributed by atoms with Crippen molar-refractivity contribution in [1.82, 2.24) is 0 Å². The van der Waals surface area contributed by atoms with Gasteiger partial charge in [0, 0.05) is 34.3 Å². The van der Waals surface area contributed by atoms with Crippen molar-refractivity contribution in [3.05, 3.63) is 128 Å². The van der Waals surface area contributed by atoms with Crippen LogP contribution in [0.2, 0.25) is 5.02 Å². The van der Waals surface area contributed by atoms with Crippen molar-refractivity contribution in [3.8, 4) is 34.8 Å². The summed E-state index contributed by atoms with van der Waals surface area (Å²) in [5.41, 5.74) is 8.37. The monoisotopic (exact) mass is 613 g/mol. The Morgan fingerprint density at radius 2 is 1.77 bits per heavy atom. The van der Waals surface area contributed by atoms with E-state index in [9.17, 15) is 20.2 Å². The van der Waals surface area contributed by atoms with Crippen LogP contribution in [0.25, 0.3) is 0 Å². The molecule has 44 heavy (non-hydrogen) atoms. The largest absolute Gasteiger partial charge is 0.493 e. The van der Waals surface area contributed by atoms with E-state index in [2.05, 4.69) is 6.07 Å². The third-order valence-electron chi connectivity index (χ3n) is 6.69. The summed E-state index contributed by atoms with van der Waals surface area (Å²) >= 11 is 6.25. The molecule has 1 unspecified atom stereocenters. The maximum atomic E-state index is 12.4. The van der Waals surface area contributed by atoms with Crippen LogP contribution in [-0.4, -0.2) is 24.6 Å². The van der Waals surface area contributed by atoms with Crippen LogP contribution in [0.3, 0.4) is 0 Å². The minimum absolute atomic E-state index is 0.0898. The molecule has 12 heteroatoms. The fourth-order valence-corrected chi connectivity index (χ4v) is 4.75. The topological polar surface area (TPSA) is 156 Å². The first-order valence-electron chi connectivity index (χ1n) is 13.1. The predicted octanol–water partition coefficient (Wildman–Crippen LogP) is 6.04. The molecule has 1 aliphatic heterocycles. The number of hydrogen-bond acceptors (Lipinski definition) is 10. The van der Waals surface area contributed by atoms with Gasteiger partial charge in [0.25, 0.3) is 5.69 Å².